The normalized spacial score (nSPS) is 19.0. The number of carbonyl (C=O) groups is 1. The second-order valence-electron chi connectivity index (χ2n) is 6.54. The van der Waals surface area contributed by atoms with Crippen LogP contribution < -0.4 is 0 Å². The number of rotatable bonds is 6. The van der Waals surface area contributed by atoms with E-state index in [2.05, 4.69) is 29.3 Å². The van der Waals surface area contributed by atoms with Gasteiger partial charge in [0.1, 0.15) is 6.33 Å². The van der Waals surface area contributed by atoms with Crippen LogP contribution in [-0.4, -0.2) is 32.3 Å². The van der Waals surface area contributed by atoms with Gasteiger partial charge in [0.25, 0.3) is 5.69 Å². The third-order valence-corrected chi connectivity index (χ3v) is 5.73. The number of benzene rings is 1. The van der Waals surface area contributed by atoms with Crippen molar-refractivity contribution >= 4 is 23.4 Å². The van der Waals surface area contributed by atoms with E-state index >= 15 is 0 Å². The fourth-order valence-electron chi connectivity index (χ4n) is 2.84. The van der Waals surface area contributed by atoms with Crippen molar-refractivity contribution in [3.05, 3.63) is 52.4 Å². The summed E-state index contributed by atoms with van der Waals surface area (Å²) in [6.45, 7) is 2.44. The molecule has 0 amide bonds. The molecule has 0 saturated heterocycles. The Morgan fingerprint density at radius 1 is 1.41 bits per heavy atom. The lowest BCUT2D eigenvalue weighted by molar-refractivity contribution is -0.387. The maximum absolute atomic E-state index is 12.4. The standard InChI is InChI=1S/C18H20N4O4S/c1-12-5-3-4-6-14(12)10-26-17(23)13-7-8-16(15(9-13)22(24)25)27-18-20-19-11-21(18)2/h3-4,7-9,11-12,14H,5-6,10H2,1-2H3. The Hall–Kier alpha value is -2.68. The van der Waals surface area contributed by atoms with Gasteiger partial charge in [0, 0.05) is 13.1 Å². The molecule has 2 aromatic rings. The van der Waals surface area contributed by atoms with Gasteiger partial charge in [-0.1, -0.05) is 19.1 Å². The summed E-state index contributed by atoms with van der Waals surface area (Å²) in [5.74, 6) is 0.178. The van der Waals surface area contributed by atoms with E-state index in [1.165, 1.54) is 18.5 Å². The summed E-state index contributed by atoms with van der Waals surface area (Å²) in [6, 6.07) is 4.34. The van der Waals surface area contributed by atoms with Gasteiger partial charge in [-0.3, -0.25) is 10.1 Å². The van der Waals surface area contributed by atoms with Gasteiger partial charge in [-0.05, 0) is 48.6 Å². The molecule has 142 valence electrons. The SMILES string of the molecule is CC1CC=CCC1COC(=O)c1ccc(Sc2nncn2C)c([N+](=O)[O-])c1. The summed E-state index contributed by atoms with van der Waals surface area (Å²) < 4.78 is 7.07. The van der Waals surface area contributed by atoms with Crippen molar-refractivity contribution in [1.82, 2.24) is 14.8 Å². The number of nitro groups is 1. The summed E-state index contributed by atoms with van der Waals surface area (Å²) >= 11 is 1.12. The smallest absolute Gasteiger partial charge is 0.338 e. The molecule has 0 fully saturated rings. The Balaban J connectivity index is 1.73. The average Bonchev–Trinajstić information content (AvgIpc) is 3.05. The molecule has 2 unspecified atom stereocenters. The monoisotopic (exact) mass is 388 g/mol. The Kier molecular flexibility index (Phi) is 5.90. The van der Waals surface area contributed by atoms with E-state index in [9.17, 15) is 14.9 Å². The predicted octanol–water partition coefficient (Wildman–Crippen LogP) is 3.63. The van der Waals surface area contributed by atoms with Gasteiger partial charge in [0.05, 0.1) is 22.0 Å². The number of hydrogen-bond donors (Lipinski definition) is 0. The van der Waals surface area contributed by atoms with Crippen LogP contribution in [0.15, 0.2) is 46.7 Å². The number of aryl methyl sites for hydroxylation is 1. The van der Waals surface area contributed by atoms with Crippen molar-refractivity contribution in [2.75, 3.05) is 6.61 Å². The molecule has 3 rings (SSSR count). The molecular weight excluding hydrogens is 368 g/mol. The van der Waals surface area contributed by atoms with Crippen molar-refractivity contribution in [2.24, 2.45) is 18.9 Å². The third-order valence-electron chi connectivity index (χ3n) is 4.61. The minimum absolute atomic E-state index is 0.161. The molecule has 1 heterocycles. The molecule has 0 N–H and O–H groups in total. The number of esters is 1. The quantitative estimate of drug-likeness (QED) is 0.322. The van der Waals surface area contributed by atoms with Crippen LogP contribution in [0.5, 0.6) is 0 Å². The Morgan fingerprint density at radius 2 is 2.19 bits per heavy atom. The molecule has 0 aliphatic heterocycles. The first-order valence-electron chi connectivity index (χ1n) is 8.58. The molecule has 0 spiro atoms. The van der Waals surface area contributed by atoms with Crippen LogP contribution in [0, 0.1) is 22.0 Å². The summed E-state index contributed by atoms with van der Waals surface area (Å²) in [4.78, 5) is 23.7. The van der Waals surface area contributed by atoms with Crippen LogP contribution in [0.1, 0.15) is 30.1 Å². The first kappa shape index (κ1) is 19.1. The number of aromatic nitrogens is 3. The number of nitrogens with zero attached hydrogens (tertiary/aromatic N) is 4. The molecule has 1 aliphatic carbocycles. The summed E-state index contributed by atoms with van der Waals surface area (Å²) in [7, 11) is 1.75. The maximum atomic E-state index is 12.4. The Morgan fingerprint density at radius 3 is 2.85 bits per heavy atom. The average molecular weight is 388 g/mol. The van der Waals surface area contributed by atoms with Crippen molar-refractivity contribution < 1.29 is 14.5 Å². The maximum Gasteiger partial charge on any atom is 0.338 e. The molecular formula is C18H20N4O4S. The molecule has 27 heavy (non-hydrogen) atoms. The minimum atomic E-state index is -0.546. The molecule has 2 atom stereocenters. The molecule has 0 saturated carbocycles. The molecule has 0 bridgehead atoms. The van der Waals surface area contributed by atoms with Crippen LogP contribution in [0.25, 0.3) is 0 Å². The number of ether oxygens (including phenoxy) is 1. The third kappa shape index (κ3) is 4.54. The molecule has 8 nitrogen and oxygen atoms in total. The highest BCUT2D eigenvalue weighted by Crippen LogP contribution is 2.34. The Bertz CT molecular complexity index is 880. The van der Waals surface area contributed by atoms with Crippen molar-refractivity contribution in [3.8, 4) is 0 Å². The van der Waals surface area contributed by atoms with Crippen LogP contribution in [0.2, 0.25) is 0 Å². The van der Waals surface area contributed by atoms with E-state index in [1.807, 2.05) is 0 Å². The highest BCUT2D eigenvalue weighted by Gasteiger charge is 2.23. The zero-order valence-electron chi connectivity index (χ0n) is 15.1. The number of allylic oxidation sites excluding steroid dienone is 2. The van der Waals surface area contributed by atoms with E-state index in [1.54, 1.807) is 17.7 Å². The van der Waals surface area contributed by atoms with E-state index in [0.717, 1.165) is 24.6 Å². The molecule has 0 radical (unpaired) electrons. The minimum Gasteiger partial charge on any atom is -0.462 e. The zero-order chi connectivity index (χ0) is 19.4. The fraction of sp³-hybridized carbons (Fsp3) is 0.389. The summed E-state index contributed by atoms with van der Waals surface area (Å²) in [5, 5.41) is 19.6. The Labute approximate surface area is 160 Å². The second kappa shape index (κ2) is 8.34. The van der Waals surface area contributed by atoms with E-state index < -0.39 is 10.9 Å². The summed E-state index contributed by atoms with van der Waals surface area (Å²) in [6.07, 6.45) is 7.60. The van der Waals surface area contributed by atoms with Gasteiger partial charge in [0.2, 0.25) is 0 Å². The van der Waals surface area contributed by atoms with Gasteiger partial charge in [0.15, 0.2) is 5.16 Å². The summed E-state index contributed by atoms with van der Waals surface area (Å²) in [5.41, 5.74) is 0.00874. The van der Waals surface area contributed by atoms with Crippen molar-refractivity contribution in [2.45, 2.75) is 29.8 Å². The molecule has 1 aromatic carbocycles. The number of hydrogen-bond acceptors (Lipinski definition) is 7. The van der Waals surface area contributed by atoms with Gasteiger partial charge in [-0.25, -0.2) is 4.79 Å². The van der Waals surface area contributed by atoms with Gasteiger partial charge in [-0.15, -0.1) is 10.2 Å². The van der Waals surface area contributed by atoms with Crippen LogP contribution >= 0.6 is 11.8 Å². The lowest BCUT2D eigenvalue weighted by Crippen LogP contribution is -2.21. The van der Waals surface area contributed by atoms with Gasteiger partial charge in [-0.2, -0.15) is 0 Å². The van der Waals surface area contributed by atoms with Crippen molar-refractivity contribution in [3.63, 3.8) is 0 Å². The van der Waals surface area contributed by atoms with Crippen LogP contribution in [0.3, 0.4) is 0 Å². The number of carbonyl (C=O) groups excluding carboxylic acids is 1. The van der Waals surface area contributed by atoms with E-state index in [0.29, 0.717) is 22.6 Å². The first-order chi connectivity index (χ1) is 13.0. The van der Waals surface area contributed by atoms with Crippen LogP contribution in [0.4, 0.5) is 5.69 Å². The lowest BCUT2D eigenvalue weighted by Gasteiger charge is -2.24. The van der Waals surface area contributed by atoms with Gasteiger partial charge < -0.3 is 9.30 Å². The largest absolute Gasteiger partial charge is 0.462 e. The van der Waals surface area contributed by atoms with Gasteiger partial charge >= 0.3 is 5.97 Å². The fourth-order valence-corrected chi connectivity index (χ4v) is 3.69. The van der Waals surface area contributed by atoms with Crippen LogP contribution in [-0.2, 0) is 11.8 Å². The first-order valence-corrected chi connectivity index (χ1v) is 9.39. The lowest BCUT2D eigenvalue weighted by atomic mass is 9.85. The zero-order valence-corrected chi connectivity index (χ0v) is 15.9. The topological polar surface area (TPSA) is 100 Å². The highest BCUT2D eigenvalue weighted by atomic mass is 32.2. The highest BCUT2D eigenvalue weighted by molar-refractivity contribution is 7.99. The van der Waals surface area contributed by atoms with E-state index in [-0.39, 0.29) is 17.2 Å². The van der Waals surface area contributed by atoms with E-state index in [4.69, 9.17) is 4.74 Å². The second-order valence-corrected chi connectivity index (χ2v) is 7.55. The van der Waals surface area contributed by atoms with Crippen molar-refractivity contribution in [1.29, 1.82) is 0 Å². The number of nitro benzene ring substituents is 1. The predicted molar refractivity (Wildman–Crippen MR) is 99.5 cm³/mol. The molecule has 1 aromatic heterocycles. The molecule has 9 heteroatoms. The molecule has 1 aliphatic rings.